The van der Waals surface area contributed by atoms with Crippen molar-refractivity contribution in [1.82, 2.24) is 25.7 Å². The van der Waals surface area contributed by atoms with Crippen molar-refractivity contribution in [2.45, 2.75) is 13.5 Å². The Balaban J connectivity index is 2.32. The molecule has 1 N–H and O–H groups in total. The van der Waals surface area contributed by atoms with Crippen molar-refractivity contribution >= 4 is 0 Å². The molecule has 0 aliphatic heterocycles. The van der Waals surface area contributed by atoms with E-state index in [9.17, 15) is 0 Å². The van der Waals surface area contributed by atoms with Gasteiger partial charge in [-0.3, -0.25) is 0 Å². The highest BCUT2D eigenvalue weighted by Crippen LogP contribution is 1.85. The van der Waals surface area contributed by atoms with Gasteiger partial charge in [-0.1, -0.05) is 0 Å². The maximum atomic E-state index is 4.90. The number of nitrogens with one attached hydrogen (secondary N) is 1. The van der Waals surface area contributed by atoms with Gasteiger partial charge in [-0.2, -0.15) is 5.48 Å². The zero-order valence-electron chi connectivity index (χ0n) is 6.61. The first-order valence-electron chi connectivity index (χ1n) is 3.40. The average molecular weight is 157 g/mol. The lowest BCUT2D eigenvalue weighted by Crippen LogP contribution is -2.16. The molecule has 1 aromatic heterocycles. The predicted molar refractivity (Wildman–Crippen MR) is 37.3 cm³/mol. The number of aromatic nitrogens is 4. The highest BCUT2D eigenvalue weighted by atomic mass is 16.6. The molecule has 0 aliphatic rings. The van der Waals surface area contributed by atoms with Crippen LogP contribution < -0.4 is 5.48 Å². The Kier molecular flexibility index (Phi) is 2.94. The lowest BCUT2D eigenvalue weighted by molar-refractivity contribution is 0.0442. The topological polar surface area (TPSA) is 64.9 Å². The second kappa shape index (κ2) is 3.99. The van der Waals surface area contributed by atoms with Crippen LogP contribution in [0.1, 0.15) is 12.7 Å². The van der Waals surface area contributed by atoms with Crippen LogP contribution in [0.25, 0.3) is 0 Å². The van der Waals surface area contributed by atoms with Crippen LogP contribution in [0, 0.1) is 0 Å². The van der Waals surface area contributed by atoms with Crippen LogP contribution in [0.15, 0.2) is 0 Å². The summed E-state index contributed by atoms with van der Waals surface area (Å²) in [5.74, 6) is 0.749. The molecule has 1 aromatic rings. The molecule has 1 heterocycles. The third-order valence-electron chi connectivity index (χ3n) is 1.18. The SMILES string of the molecule is CCONCc1nnnn1C. The van der Waals surface area contributed by atoms with Crippen LogP contribution in [-0.4, -0.2) is 26.8 Å². The van der Waals surface area contributed by atoms with Crippen LogP contribution in [0.5, 0.6) is 0 Å². The molecular weight excluding hydrogens is 146 g/mol. The number of tetrazole rings is 1. The molecule has 11 heavy (non-hydrogen) atoms. The van der Waals surface area contributed by atoms with Gasteiger partial charge in [-0.15, -0.1) is 5.10 Å². The van der Waals surface area contributed by atoms with E-state index in [1.165, 1.54) is 0 Å². The fraction of sp³-hybridized carbons (Fsp3) is 0.800. The van der Waals surface area contributed by atoms with Crippen molar-refractivity contribution in [3.05, 3.63) is 5.82 Å². The number of hydroxylamine groups is 1. The molecular formula is C5H11N5O. The summed E-state index contributed by atoms with van der Waals surface area (Å²) in [5.41, 5.74) is 2.71. The van der Waals surface area contributed by atoms with Gasteiger partial charge in [0.2, 0.25) is 0 Å². The molecule has 6 heteroatoms. The summed E-state index contributed by atoms with van der Waals surface area (Å²) in [6, 6.07) is 0. The minimum Gasteiger partial charge on any atom is -0.302 e. The van der Waals surface area contributed by atoms with Gasteiger partial charge in [0, 0.05) is 7.05 Å². The summed E-state index contributed by atoms with van der Waals surface area (Å²) >= 11 is 0. The fourth-order valence-corrected chi connectivity index (χ4v) is 0.615. The first-order valence-corrected chi connectivity index (χ1v) is 3.40. The second-order valence-electron chi connectivity index (χ2n) is 1.97. The van der Waals surface area contributed by atoms with E-state index >= 15 is 0 Å². The Morgan fingerprint density at radius 3 is 3.00 bits per heavy atom. The first kappa shape index (κ1) is 8.09. The molecule has 62 valence electrons. The number of hydrogen-bond acceptors (Lipinski definition) is 5. The predicted octanol–water partition coefficient (Wildman–Crippen LogP) is -0.749. The molecule has 1 rings (SSSR count). The van der Waals surface area contributed by atoms with Crippen LogP contribution in [0.4, 0.5) is 0 Å². The highest BCUT2D eigenvalue weighted by molar-refractivity contribution is 4.75. The number of rotatable bonds is 4. The molecule has 0 amide bonds. The van der Waals surface area contributed by atoms with E-state index in [0.717, 1.165) is 5.82 Å². The summed E-state index contributed by atoms with van der Waals surface area (Å²) in [5, 5.41) is 10.9. The van der Waals surface area contributed by atoms with Crippen molar-refractivity contribution in [2.24, 2.45) is 7.05 Å². The van der Waals surface area contributed by atoms with Crippen molar-refractivity contribution in [3.63, 3.8) is 0 Å². The summed E-state index contributed by atoms with van der Waals surface area (Å²) in [6.07, 6.45) is 0. The molecule has 0 atom stereocenters. The maximum absolute atomic E-state index is 4.90. The van der Waals surface area contributed by atoms with Crippen LogP contribution in [0.2, 0.25) is 0 Å². The highest BCUT2D eigenvalue weighted by Gasteiger charge is 1.99. The monoisotopic (exact) mass is 157 g/mol. The molecule has 0 fully saturated rings. The minimum atomic E-state index is 0.525. The van der Waals surface area contributed by atoms with Crippen molar-refractivity contribution in [3.8, 4) is 0 Å². The lowest BCUT2D eigenvalue weighted by Gasteiger charge is -2.00. The van der Waals surface area contributed by atoms with Crippen LogP contribution >= 0.6 is 0 Å². The summed E-state index contributed by atoms with van der Waals surface area (Å²) in [6.45, 7) is 3.06. The number of nitrogens with zero attached hydrogens (tertiary/aromatic N) is 4. The molecule has 0 aliphatic carbocycles. The maximum Gasteiger partial charge on any atom is 0.167 e. The Morgan fingerprint density at radius 2 is 2.45 bits per heavy atom. The van der Waals surface area contributed by atoms with E-state index in [2.05, 4.69) is 21.0 Å². The Bertz CT molecular complexity index is 210. The van der Waals surface area contributed by atoms with Gasteiger partial charge in [0.1, 0.15) is 0 Å². The molecule has 0 saturated heterocycles. The smallest absolute Gasteiger partial charge is 0.167 e. The Hall–Kier alpha value is -1.01. The fourth-order valence-electron chi connectivity index (χ4n) is 0.615. The molecule has 0 radical (unpaired) electrons. The summed E-state index contributed by atoms with van der Waals surface area (Å²) in [7, 11) is 1.78. The zero-order chi connectivity index (χ0) is 8.10. The Labute approximate surface area is 64.5 Å². The summed E-state index contributed by atoms with van der Waals surface area (Å²) in [4.78, 5) is 4.90. The molecule has 0 bridgehead atoms. The van der Waals surface area contributed by atoms with E-state index < -0.39 is 0 Å². The Morgan fingerprint density at radius 1 is 1.64 bits per heavy atom. The quantitative estimate of drug-likeness (QED) is 0.460. The average Bonchev–Trinajstić information content (AvgIpc) is 2.37. The number of aryl methyl sites for hydroxylation is 1. The number of hydrogen-bond donors (Lipinski definition) is 1. The van der Waals surface area contributed by atoms with Gasteiger partial charge >= 0.3 is 0 Å². The second-order valence-corrected chi connectivity index (χ2v) is 1.97. The van der Waals surface area contributed by atoms with Gasteiger partial charge in [0.15, 0.2) is 5.82 Å². The van der Waals surface area contributed by atoms with E-state index in [-0.39, 0.29) is 0 Å². The van der Waals surface area contributed by atoms with Crippen molar-refractivity contribution < 1.29 is 4.84 Å². The molecule has 0 aromatic carbocycles. The molecule has 6 nitrogen and oxygen atoms in total. The molecule has 0 spiro atoms. The zero-order valence-corrected chi connectivity index (χ0v) is 6.61. The third kappa shape index (κ3) is 2.24. The van der Waals surface area contributed by atoms with Crippen molar-refractivity contribution in [2.75, 3.05) is 6.61 Å². The van der Waals surface area contributed by atoms with E-state index in [1.807, 2.05) is 6.92 Å². The van der Waals surface area contributed by atoms with Gasteiger partial charge in [0.05, 0.1) is 13.2 Å². The molecule has 0 saturated carbocycles. The standard InChI is InChI=1S/C5H11N5O/c1-3-11-6-4-5-7-8-9-10(5)2/h6H,3-4H2,1-2H3. The largest absolute Gasteiger partial charge is 0.302 e. The van der Waals surface area contributed by atoms with Gasteiger partial charge in [-0.25, -0.2) is 4.68 Å². The minimum absolute atomic E-state index is 0.525. The molecule has 0 unspecified atom stereocenters. The van der Waals surface area contributed by atoms with Crippen LogP contribution in [-0.2, 0) is 18.4 Å². The van der Waals surface area contributed by atoms with Crippen molar-refractivity contribution in [1.29, 1.82) is 0 Å². The normalized spacial score (nSPS) is 10.4. The third-order valence-corrected chi connectivity index (χ3v) is 1.18. The van der Waals surface area contributed by atoms with Gasteiger partial charge < -0.3 is 4.84 Å². The van der Waals surface area contributed by atoms with Gasteiger partial charge in [0.25, 0.3) is 0 Å². The van der Waals surface area contributed by atoms with E-state index in [4.69, 9.17) is 4.84 Å². The van der Waals surface area contributed by atoms with Crippen LogP contribution in [0.3, 0.4) is 0 Å². The van der Waals surface area contributed by atoms with Gasteiger partial charge in [-0.05, 0) is 17.4 Å². The van der Waals surface area contributed by atoms with E-state index in [0.29, 0.717) is 13.2 Å². The summed E-state index contributed by atoms with van der Waals surface area (Å²) < 4.78 is 1.59. The first-order chi connectivity index (χ1) is 5.34. The lowest BCUT2D eigenvalue weighted by atomic mass is 10.6. The van der Waals surface area contributed by atoms with E-state index in [1.54, 1.807) is 11.7 Å².